The zero-order valence-electron chi connectivity index (χ0n) is 9.73. The quantitative estimate of drug-likeness (QED) is 0.838. The maximum absolute atomic E-state index is 11.8. The molecule has 0 atom stereocenters. The average molecular weight is 299 g/mol. The van der Waals surface area contributed by atoms with E-state index in [1.165, 1.54) is 0 Å². The Morgan fingerprint density at radius 1 is 1.29 bits per heavy atom. The number of hydrazine groups is 1. The summed E-state index contributed by atoms with van der Waals surface area (Å²) in [6.45, 7) is 4.41. The zero-order chi connectivity index (χ0) is 12.3. The summed E-state index contributed by atoms with van der Waals surface area (Å²) in [7, 11) is 0. The summed E-state index contributed by atoms with van der Waals surface area (Å²) in [5.74, 6) is 0.0224. The molecule has 0 radical (unpaired) electrons. The van der Waals surface area contributed by atoms with Crippen molar-refractivity contribution in [2.24, 2.45) is 0 Å². The molecule has 0 bridgehead atoms. The molecular weight excluding hydrogens is 284 g/mol. The third kappa shape index (κ3) is 3.06. The van der Waals surface area contributed by atoms with E-state index in [9.17, 15) is 4.79 Å². The second-order valence-corrected chi connectivity index (χ2v) is 4.79. The van der Waals surface area contributed by atoms with Crippen LogP contribution in [-0.4, -0.2) is 37.2 Å². The first-order chi connectivity index (χ1) is 8.18. The van der Waals surface area contributed by atoms with Gasteiger partial charge in [-0.3, -0.25) is 4.79 Å². The van der Waals surface area contributed by atoms with Crippen molar-refractivity contribution in [2.45, 2.75) is 6.92 Å². The zero-order valence-corrected chi connectivity index (χ0v) is 11.3. The number of morpholine rings is 1. The normalized spacial score (nSPS) is 16.8. The van der Waals surface area contributed by atoms with Gasteiger partial charge in [-0.15, -0.1) is 0 Å². The van der Waals surface area contributed by atoms with Gasteiger partial charge >= 0.3 is 0 Å². The molecule has 1 aliphatic rings. The van der Waals surface area contributed by atoms with Crippen molar-refractivity contribution >= 4 is 27.5 Å². The Morgan fingerprint density at radius 3 is 2.41 bits per heavy atom. The molecule has 1 aromatic carbocycles. The maximum Gasteiger partial charge on any atom is 0.238 e. The molecule has 0 aromatic heterocycles. The summed E-state index contributed by atoms with van der Waals surface area (Å²) >= 11 is 3.39. The molecule has 1 fully saturated rings. The van der Waals surface area contributed by atoms with E-state index in [4.69, 9.17) is 4.74 Å². The molecule has 1 aliphatic heterocycles. The van der Waals surface area contributed by atoms with Crippen LogP contribution in [-0.2, 0) is 9.53 Å². The first kappa shape index (κ1) is 12.5. The number of ether oxygens (including phenoxy) is 1. The van der Waals surface area contributed by atoms with Gasteiger partial charge in [0.15, 0.2) is 0 Å². The predicted molar refractivity (Wildman–Crippen MR) is 69.7 cm³/mol. The van der Waals surface area contributed by atoms with Crippen molar-refractivity contribution in [1.82, 2.24) is 5.01 Å². The highest BCUT2D eigenvalue weighted by molar-refractivity contribution is 9.10. The van der Waals surface area contributed by atoms with Gasteiger partial charge in [-0.2, -0.15) is 0 Å². The number of hydrogen-bond donors (Lipinski definition) is 0. The van der Waals surface area contributed by atoms with Gasteiger partial charge in [0.05, 0.1) is 18.9 Å². The van der Waals surface area contributed by atoms with Gasteiger partial charge in [0.1, 0.15) is 0 Å². The number of benzene rings is 1. The van der Waals surface area contributed by atoms with Gasteiger partial charge in [-0.1, -0.05) is 15.9 Å². The highest BCUT2D eigenvalue weighted by atomic mass is 79.9. The molecule has 17 heavy (non-hydrogen) atoms. The highest BCUT2D eigenvalue weighted by Gasteiger charge is 2.22. The highest BCUT2D eigenvalue weighted by Crippen LogP contribution is 2.20. The fraction of sp³-hybridized carbons (Fsp3) is 0.417. The Hall–Kier alpha value is -0.910. The van der Waals surface area contributed by atoms with Crippen molar-refractivity contribution in [3.8, 4) is 0 Å². The Bertz CT molecular complexity index is 388. The van der Waals surface area contributed by atoms with E-state index < -0.39 is 0 Å². The van der Waals surface area contributed by atoms with Crippen LogP contribution in [0.2, 0.25) is 0 Å². The largest absolute Gasteiger partial charge is 0.379 e. The lowest BCUT2D eigenvalue weighted by Crippen LogP contribution is -2.51. The average Bonchev–Trinajstić information content (AvgIpc) is 2.33. The van der Waals surface area contributed by atoms with Gasteiger partial charge in [0.2, 0.25) is 5.91 Å². The molecule has 1 amide bonds. The Labute approximate surface area is 109 Å². The summed E-state index contributed by atoms with van der Waals surface area (Å²) in [6.07, 6.45) is 0. The van der Waals surface area contributed by atoms with Gasteiger partial charge in [0, 0.05) is 24.5 Å². The van der Waals surface area contributed by atoms with Crippen LogP contribution < -0.4 is 5.01 Å². The molecule has 0 spiro atoms. The Kier molecular flexibility index (Phi) is 4.15. The smallest absolute Gasteiger partial charge is 0.238 e. The number of nitrogens with zero attached hydrogens (tertiary/aromatic N) is 2. The lowest BCUT2D eigenvalue weighted by Gasteiger charge is -2.36. The summed E-state index contributed by atoms with van der Waals surface area (Å²) in [5.41, 5.74) is 0.891. The molecule has 0 saturated carbocycles. The van der Waals surface area contributed by atoms with Crippen molar-refractivity contribution in [1.29, 1.82) is 0 Å². The number of anilines is 1. The number of carbonyl (C=O) groups is 1. The van der Waals surface area contributed by atoms with Crippen LogP contribution in [0.25, 0.3) is 0 Å². The summed E-state index contributed by atoms with van der Waals surface area (Å²) in [6, 6.07) is 7.74. The van der Waals surface area contributed by atoms with Crippen molar-refractivity contribution in [3.63, 3.8) is 0 Å². The van der Waals surface area contributed by atoms with Gasteiger partial charge in [-0.25, -0.2) is 10.0 Å². The number of carbonyl (C=O) groups excluding carboxylic acids is 1. The third-order valence-electron chi connectivity index (χ3n) is 2.64. The number of amides is 1. The lowest BCUT2D eigenvalue weighted by atomic mass is 10.3. The number of halogens is 1. The van der Waals surface area contributed by atoms with Crippen molar-refractivity contribution in [2.75, 3.05) is 31.3 Å². The molecule has 1 aromatic rings. The van der Waals surface area contributed by atoms with E-state index in [0.717, 1.165) is 23.2 Å². The second-order valence-electron chi connectivity index (χ2n) is 3.87. The second kappa shape index (κ2) is 5.62. The van der Waals surface area contributed by atoms with Gasteiger partial charge < -0.3 is 4.74 Å². The molecule has 0 aliphatic carbocycles. The maximum atomic E-state index is 11.8. The van der Waals surface area contributed by atoms with Gasteiger partial charge in [0.25, 0.3) is 0 Å². The molecule has 2 rings (SSSR count). The fourth-order valence-corrected chi connectivity index (χ4v) is 2.14. The molecule has 0 unspecified atom stereocenters. The molecule has 92 valence electrons. The summed E-state index contributed by atoms with van der Waals surface area (Å²) < 4.78 is 6.30. The lowest BCUT2D eigenvalue weighted by molar-refractivity contribution is -0.120. The predicted octanol–water partition coefficient (Wildman–Crippen LogP) is 2.05. The SMILES string of the molecule is CC(=O)N(c1ccc(Br)cc1)N1CCOCC1. The third-order valence-corrected chi connectivity index (χ3v) is 3.17. The minimum atomic E-state index is 0.0224. The molecule has 0 N–H and O–H groups in total. The van der Waals surface area contributed by atoms with E-state index >= 15 is 0 Å². The van der Waals surface area contributed by atoms with Crippen LogP contribution in [0.4, 0.5) is 5.69 Å². The van der Waals surface area contributed by atoms with Crippen LogP contribution in [0, 0.1) is 0 Å². The molecular formula is C12H15BrN2O2. The van der Waals surface area contributed by atoms with E-state index in [1.807, 2.05) is 29.3 Å². The number of hydrogen-bond acceptors (Lipinski definition) is 3. The topological polar surface area (TPSA) is 32.8 Å². The Balaban J connectivity index is 2.21. The minimum Gasteiger partial charge on any atom is -0.379 e. The Morgan fingerprint density at radius 2 is 1.88 bits per heavy atom. The monoisotopic (exact) mass is 298 g/mol. The molecule has 1 heterocycles. The summed E-state index contributed by atoms with van der Waals surface area (Å²) in [5, 5.41) is 3.74. The van der Waals surface area contributed by atoms with Gasteiger partial charge in [-0.05, 0) is 24.3 Å². The first-order valence-corrected chi connectivity index (χ1v) is 6.36. The standard InChI is InChI=1S/C12H15BrN2O2/c1-10(16)15(14-6-8-17-9-7-14)12-4-2-11(13)3-5-12/h2-5H,6-9H2,1H3. The van der Waals surface area contributed by atoms with Crippen LogP contribution in [0.15, 0.2) is 28.7 Å². The van der Waals surface area contributed by atoms with Crippen LogP contribution in [0.1, 0.15) is 6.92 Å². The molecule has 5 heteroatoms. The first-order valence-electron chi connectivity index (χ1n) is 5.57. The van der Waals surface area contributed by atoms with E-state index in [-0.39, 0.29) is 5.91 Å². The van der Waals surface area contributed by atoms with Crippen LogP contribution in [0.5, 0.6) is 0 Å². The fourth-order valence-electron chi connectivity index (χ4n) is 1.88. The van der Waals surface area contributed by atoms with Crippen LogP contribution >= 0.6 is 15.9 Å². The van der Waals surface area contributed by atoms with Crippen molar-refractivity contribution < 1.29 is 9.53 Å². The number of rotatable bonds is 2. The van der Waals surface area contributed by atoms with E-state index in [2.05, 4.69) is 15.9 Å². The summed E-state index contributed by atoms with van der Waals surface area (Å²) in [4.78, 5) is 11.8. The van der Waals surface area contributed by atoms with Crippen LogP contribution in [0.3, 0.4) is 0 Å². The van der Waals surface area contributed by atoms with Crippen molar-refractivity contribution in [3.05, 3.63) is 28.7 Å². The van der Waals surface area contributed by atoms with E-state index in [1.54, 1.807) is 11.9 Å². The van der Waals surface area contributed by atoms with E-state index in [0.29, 0.717) is 13.2 Å². The molecule has 4 nitrogen and oxygen atoms in total. The molecule has 1 saturated heterocycles. The minimum absolute atomic E-state index is 0.0224.